The minimum atomic E-state index is -0.428. The van der Waals surface area contributed by atoms with Crippen LogP contribution in [0.15, 0.2) is 11.6 Å². The minimum Gasteiger partial charge on any atom is -0.444 e. The summed E-state index contributed by atoms with van der Waals surface area (Å²) in [5.74, 6) is 0. The van der Waals surface area contributed by atoms with Crippen LogP contribution >= 0.6 is 0 Å². The molecule has 1 amide bonds. The molecule has 0 saturated carbocycles. The van der Waals surface area contributed by atoms with Gasteiger partial charge in [0.2, 0.25) is 0 Å². The van der Waals surface area contributed by atoms with E-state index in [-0.39, 0.29) is 11.6 Å². The highest BCUT2D eigenvalue weighted by atomic mass is 16.6. The highest BCUT2D eigenvalue weighted by Crippen LogP contribution is 2.14. The molecule has 0 bridgehead atoms. The van der Waals surface area contributed by atoms with E-state index in [4.69, 9.17) is 4.74 Å². The van der Waals surface area contributed by atoms with Crippen molar-refractivity contribution < 1.29 is 9.53 Å². The van der Waals surface area contributed by atoms with Gasteiger partial charge in [0.15, 0.2) is 0 Å². The number of carbonyl (C=O) groups excluding carboxylic acids is 1. The third kappa shape index (κ3) is 8.39. The number of rotatable bonds is 5. The Kier molecular flexibility index (Phi) is 6.88. The smallest absolute Gasteiger partial charge is 0.410 e. The largest absolute Gasteiger partial charge is 0.444 e. The number of ether oxygens (including phenoxy) is 1. The molecule has 128 valence electrons. The number of nitrogens with one attached hydrogen (secondary N) is 2. The van der Waals surface area contributed by atoms with E-state index in [1.54, 1.807) is 4.90 Å². The van der Waals surface area contributed by atoms with Crippen LogP contribution in [0.4, 0.5) is 4.79 Å². The fourth-order valence-corrected chi connectivity index (χ4v) is 2.14. The van der Waals surface area contributed by atoms with Crippen molar-refractivity contribution in [2.75, 3.05) is 32.7 Å². The van der Waals surface area contributed by atoms with Gasteiger partial charge in [0, 0.05) is 38.3 Å². The van der Waals surface area contributed by atoms with E-state index in [2.05, 4.69) is 37.5 Å². The summed E-state index contributed by atoms with van der Waals surface area (Å²) in [4.78, 5) is 13.7. The summed E-state index contributed by atoms with van der Waals surface area (Å²) in [6, 6.07) is 0. The first-order valence-electron chi connectivity index (χ1n) is 8.18. The number of carbonyl (C=O) groups is 1. The quantitative estimate of drug-likeness (QED) is 0.605. The molecule has 5 heteroatoms. The van der Waals surface area contributed by atoms with Crippen LogP contribution in [0.5, 0.6) is 0 Å². The molecule has 0 fully saturated rings. The maximum absolute atomic E-state index is 12.0. The van der Waals surface area contributed by atoms with Crippen molar-refractivity contribution >= 4 is 6.09 Å². The normalized spacial score (nSPS) is 16.5. The van der Waals surface area contributed by atoms with Crippen LogP contribution in [-0.2, 0) is 4.74 Å². The van der Waals surface area contributed by atoms with Gasteiger partial charge in [-0.05, 0) is 48.0 Å². The molecule has 22 heavy (non-hydrogen) atoms. The Morgan fingerprint density at radius 3 is 2.41 bits per heavy atom. The van der Waals surface area contributed by atoms with Gasteiger partial charge in [-0.1, -0.05) is 11.6 Å². The van der Waals surface area contributed by atoms with Gasteiger partial charge in [-0.3, -0.25) is 0 Å². The number of nitrogens with zero attached hydrogens (tertiary/aromatic N) is 1. The van der Waals surface area contributed by atoms with Crippen LogP contribution in [0.3, 0.4) is 0 Å². The Morgan fingerprint density at radius 1 is 1.23 bits per heavy atom. The Labute approximate surface area is 135 Å². The molecular weight excluding hydrogens is 278 g/mol. The van der Waals surface area contributed by atoms with E-state index in [1.807, 2.05) is 20.8 Å². The molecule has 2 N–H and O–H groups in total. The zero-order chi connectivity index (χ0) is 16.8. The summed E-state index contributed by atoms with van der Waals surface area (Å²) in [7, 11) is 0. The number of amides is 1. The second-order valence-electron chi connectivity index (χ2n) is 7.89. The van der Waals surface area contributed by atoms with Crippen LogP contribution < -0.4 is 10.6 Å². The van der Waals surface area contributed by atoms with Crippen molar-refractivity contribution in [2.24, 2.45) is 0 Å². The first kappa shape index (κ1) is 19.0. The van der Waals surface area contributed by atoms with Gasteiger partial charge in [0.1, 0.15) is 5.60 Å². The first-order valence-corrected chi connectivity index (χ1v) is 8.18. The van der Waals surface area contributed by atoms with Gasteiger partial charge < -0.3 is 20.3 Å². The Bertz CT molecular complexity index is 392. The van der Waals surface area contributed by atoms with Gasteiger partial charge >= 0.3 is 6.09 Å². The molecule has 0 aliphatic carbocycles. The van der Waals surface area contributed by atoms with Gasteiger partial charge in [-0.2, -0.15) is 0 Å². The van der Waals surface area contributed by atoms with E-state index in [9.17, 15) is 4.79 Å². The molecule has 1 aliphatic rings. The topological polar surface area (TPSA) is 53.6 Å². The number of hydrogen-bond acceptors (Lipinski definition) is 4. The van der Waals surface area contributed by atoms with Crippen molar-refractivity contribution in [1.29, 1.82) is 0 Å². The summed E-state index contributed by atoms with van der Waals surface area (Å²) in [6.45, 7) is 16.4. The summed E-state index contributed by atoms with van der Waals surface area (Å²) < 4.78 is 5.39. The molecule has 0 aromatic heterocycles. The third-order valence-electron chi connectivity index (χ3n) is 3.26. The predicted molar refractivity (Wildman–Crippen MR) is 91.1 cm³/mol. The van der Waals surface area contributed by atoms with E-state index >= 15 is 0 Å². The van der Waals surface area contributed by atoms with E-state index < -0.39 is 5.60 Å². The zero-order valence-electron chi connectivity index (χ0n) is 15.1. The van der Waals surface area contributed by atoms with Crippen molar-refractivity contribution in [3.63, 3.8) is 0 Å². The van der Waals surface area contributed by atoms with Crippen LogP contribution in [0.25, 0.3) is 0 Å². The van der Waals surface area contributed by atoms with Gasteiger partial charge in [0.25, 0.3) is 0 Å². The third-order valence-corrected chi connectivity index (χ3v) is 3.26. The van der Waals surface area contributed by atoms with Crippen molar-refractivity contribution in [1.82, 2.24) is 15.5 Å². The summed E-state index contributed by atoms with van der Waals surface area (Å²) in [6.07, 6.45) is 2.83. The van der Waals surface area contributed by atoms with Gasteiger partial charge in [-0.25, -0.2) is 4.79 Å². The molecule has 0 saturated heterocycles. The minimum absolute atomic E-state index is 0.166. The lowest BCUT2D eigenvalue weighted by molar-refractivity contribution is 0.0265. The van der Waals surface area contributed by atoms with Crippen LogP contribution in [-0.4, -0.2) is 54.9 Å². The van der Waals surface area contributed by atoms with E-state index in [0.29, 0.717) is 6.54 Å². The molecule has 0 atom stereocenters. The van der Waals surface area contributed by atoms with E-state index in [0.717, 1.165) is 32.6 Å². The molecule has 0 aromatic carbocycles. The van der Waals surface area contributed by atoms with Crippen LogP contribution in [0, 0.1) is 0 Å². The van der Waals surface area contributed by atoms with E-state index in [1.165, 1.54) is 5.57 Å². The fraction of sp³-hybridized carbons (Fsp3) is 0.824. The first-order chi connectivity index (χ1) is 10.1. The molecule has 1 rings (SSSR count). The highest BCUT2D eigenvalue weighted by molar-refractivity contribution is 5.68. The second kappa shape index (κ2) is 7.97. The predicted octanol–water partition coefficient (Wildman–Crippen LogP) is 2.53. The van der Waals surface area contributed by atoms with Crippen LogP contribution in [0.2, 0.25) is 0 Å². The summed E-state index contributed by atoms with van der Waals surface area (Å²) in [5, 5.41) is 6.90. The molecule has 1 aliphatic heterocycles. The standard InChI is InChI=1S/C17H33N3O2/c1-16(2,3)19-10-9-18-13-14-7-11-20(12-8-14)15(21)22-17(4,5)6/h7,18-19H,8-13H2,1-6H3. The average molecular weight is 311 g/mol. The zero-order valence-corrected chi connectivity index (χ0v) is 15.1. The Morgan fingerprint density at radius 2 is 1.91 bits per heavy atom. The molecule has 0 unspecified atom stereocenters. The average Bonchev–Trinajstić information content (AvgIpc) is 2.35. The Hall–Kier alpha value is -1.07. The summed E-state index contributed by atoms with van der Waals surface area (Å²) in [5.41, 5.74) is 1.11. The molecule has 0 spiro atoms. The van der Waals surface area contributed by atoms with Crippen LogP contribution in [0.1, 0.15) is 48.0 Å². The lowest BCUT2D eigenvalue weighted by Gasteiger charge is -2.29. The lowest BCUT2D eigenvalue weighted by Crippen LogP contribution is -2.41. The highest BCUT2D eigenvalue weighted by Gasteiger charge is 2.23. The molecular formula is C17H33N3O2. The maximum Gasteiger partial charge on any atom is 0.410 e. The van der Waals surface area contributed by atoms with Crippen molar-refractivity contribution in [3.05, 3.63) is 11.6 Å². The molecule has 5 nitrogen and oxygen atoms in total. The van der Waals surface area contributed by atoms with Crippen molar-refractivity contribution in [3.8, 4) is 0 Å². The second-order valence-corrected chi connectivity index (χ2v) is 7.89. The maximum atomic E-state index is 12.0. The monoisotopic (exact) mass is 311 g/mol. The lowest BCUT2D eigenvalue weighted by atomic mass is 10.1. The van der Waals surface area contributed by atoms with Crippen molar-refractivity contribution in [2.45, 2.75) is 59.1 Å². The Balaban J connectivity index is 2.23. The molecule has 1 heterocycles. The number of hydrogen-bond donors (Lipinski definition) is 2. The SMILES string of the molecule is CC(C)(C)NCCNCC1=CCN(C(=O)OC(C)(C)C)CC1. The fourth-order valence-electron chi connectivity index (χ4n) is 2.14. The molecule has 0 radical (unpaired) electrons. The van der Waals surface area contributed by atoms with Gasteiger partial charge in [0.05, 0.1) is 0 Å². The molecule has 0 aromatic rings. The van der Waals surface area contributed by atoms with Gasteiger partial charge in [-0.15, -0.1) is 0 Å². The summed E-state index contributed by atoms with van der Waals surface area (Å²) >= 11 is 0.